The summed E-state index contributed by atoms with van der Waals surface area (Å²) in [6, 6.07) is 9.23. The average Bonchev–Trinajstić information content (AvgIpc) is 3.26. The smallest absolute Gasteiger partial charge is 0.326 e. The van der Waals surface area contributed by atoms with E-state index in [2.05, 4.69) is 20.9 Å². The molecule has 1 aromatic heterocycles. The Labute approximate surface area is 205 Å². The largest absolute Gasteiger partial charge is 0.481 e. The van der Waals surface area contributed by atoms with Crippen molar-refractivity contribution in [1.29, 1.82) is 0 Å². The molecule has 0 fully saturated rings. The van der Waals surface area contributed by atoms with E-state index in [1.54, 1.807) is 24.3 Å². The van der Waals surface area contributed by atoms with Crippen molar-refractivity contribution in [2.45, 2.75) is 26.7 Å². The Morgan fingerprint density at radius 1 is 1.11 bits per heavy atom. The lowest BCUT2D eigenvalue weighted by Crippen LogP contribution is -2.34. The Balaban J connectivity index is 1.51. The summed E-state index contributed by atoms with van der Waals surface area (Å²) in [4.78, 5) is 51.2. The molecule has 10 heteroatoms. The van der Waals surface area contributed by atoms with Crippen molar-refractivity contribution in [3.63, 3.8) is 0 Å². The maximum Gasteiger partial charge on any atom is 0.326 e. The van der Waals surface area contributed by atoms with Crippen LogP contribution in [0.15, 0.2) is 42.5 Å². The number of amides is 4. The molecule has 4 rings (SSSR count). The maximum absolute atomic E-state index is 13.8. The first-order valence-electron chi connectivity index (χ1n) is 11.1. The van der Waals surface area contributed by atoms with E-state index in [1.165, 1.54) is 18.2 Å². The number of H-pyrrole nitrogens is 1. The summed E-state index contributed by atoms with van der Waals surface area (Å²) in [5.41, 5.74) is 4.87. The normalized spacial score (nSPS) is 13.3. The third kappa shape index (κ3) is 5.02. The number of hydrogen-bond donors (Lipinski definition) is 5. The number of aromatic nitrogens is 1. The summed E-state index contributed by atoms with van der Waals surface area (Å²) in [6.07, 6.45) is 2.10. The SMILES string of the molecule is Cc1[nH]c(/C=C2\C(=O)Nc3cc(NC(=O)NC(=O)c4ccccc4F)ccc32)c(C)c1CCC(=O)O. The Morgan fingerprint density at radius 2 is 1.86 bits per heavy atom. The number of hydrogen-bond acceptors (Lipinski definition) is 4. The first-order valence-corrected chi connectivity index (χ1v) is 11.1. The lowest BCUT2D eigenvalue weighted by Gasteiger charge is -2.08. The van der Waals surface area contributed by atoms with Gasteiger partial charge in [0.1, 0.15) is 5.82 Å². The summed E-state index contributed by atoms with van der Waals surface area (Å²) in [5.74, 6) is -2.85. The zero-order valence-electron chi connectivity index (χ0n) is 19.5. The fourth-order valence-electron chi connectivity index (χ4n) is 4.10. The Morgan fingerprint density at radius 3 is 2.58 bits per heavy atom. The third-order valence-electron chi connectivity index (χ3n) is 5.92. The first-order chi connectivity index (χ1) is 17.1. The van der Waals surface area contributed by atoms with Crippen LogP contribution in [0.1, 0.15) is 44.9 Å². The van der Waals surface area contributed by atoms with E-state index in [4.69, 9.17) is 5.11 Å². The second kappa shape index (κ2) is 9.87. The number of halogens is 1. The van der Waals surface area contributed by atoms with Crippen molar-refractivity contribution < 1.29 is 28.7 Å². The van der Waals surface area contributed by atoms with Gasteiger partial charge < -0.3 is 20.7 Å². The van der Waals surface area contributed by atoms with Crippen LogP contribution in [0.4, 0.5) is 20.6 Å². The van der Waals surface area contributed by atoms with Crippen LogP contribution in [-0.4, -0.2) is 33.9 Å². The predicted molar refractivity (Wildman–Crippen MR) is 132 cm³/mol. The topological polar surface area (TPSA) is 140 Å². The van der Waals surface area contributed by atoms with E-state index in [-0.39, 0.29) is 17.9 Å². The van der Waals surface area contributed by atoms with Crippen LogP contribution in [0, 0.1) is 19.7 Å². The lowest BCUT2D eigenvalue weighted by atomic mass is 10.0. The van der Waals surface area contributed by atoms with Gasteiger partial charge in [0.05, 0.1) is 16.8 Å². The zero-order valence-corrected chi connectivity index (χ0v) is 19.5. The fraction of sp³-hybridized carbons (Fsp3) is 0.154. The molecule has 1 aliphatic heterocycles. The highest BCUT2D eigenvalue weighted by Crippen LogP contribution is 2.36. The molecule has 0 bridgehead atoms. The summed E-state index contributed by atoms with van der Waals surface area (Å²) in [5, 5.41) is 16.3. The second-order valence-electron chi connectivity index (χ2n) is 8.32. The quantitative estimate of drug-likeness (QED) is 0.329. The highest BCUT2D eigenvalue weighted by Gasteiger charge is 2.26. The van der Waals surface area contributed by atoms with Crippen LogP contribution >= 0.6 is 0 Å². The van der Waals surface area contributed by atoms with Crippen molar-refractivity contribution >= 4 is 46.8 Å². The lowest BCUT2D eigenvalue weighted by molar-refractivity contribution is -0.137. The fourth-order valence-corrected chi connectivity index (χ4v) is 4.10. The molecule has 0 unspecified atom stereocenters. The number of anilines is 2. The zero-order chi connectivity index (χ0) is 26.0. The van der Waals surface area contributed by atoms with Gasteiger partial charge >= 0.3 is 12.0 Å². The van der Waals surface area contributed by atoms with Gasteiger partial charge in [-0.3, -0.25) is 19.7 Å². The van der Waals surface area contributed by atoms with E-state index in [9.17, 15) is 23.6 Å². The molecule has 4 amide bonds. The summed E-state index contributed by atoms with van der Waals surface area (Å²) >= 11 is 0. The molecule has 0 saturated carbocycles. The molecule has 0 aliphatic carbocycles. The monoisotopic (exact) mass is 490 g/mol. The number of imide groups is 1. The molecular formula is C26H23FN4O5. The van der Waals surface area contributed by atoms with Gasteiger partial charge in [0.15, 0.2) is 0 Å². The molecule has 3 aromatic rings. The van der Waals surface area contributed by atoms with Crippen LogP contribution in [-0.2, 0) is 16.0 Å². The highest BCUT2D eigenvalue weighted by molar-refractivity contribution is 6.35. The minimum atomic E-state index is -0.885. The van der Waals surface area contributed by atoms with E-state index < -0.39 is 23.7 Å². The number of aromatic amines is 1. The van der Waals surface area contributed by atoms with Crippen molar-refractivity contribution in [3.05, 3.63) is 81.9 Å². The number of carbonyl (C=O) groups excluding carboxylic acids is 3. The molecule has 9 nitrogen and oxygen atoms in total. The molecule has 184 valence electrons. The summed E-state index contributed by atoms with van der Waals surface area (Å²) in [7, 11) is 0. The van der Waals surface area contributed by atoms with Gasteiger partial charge in [-0.2, -0.15) is 0 Å². The Bertz CT molecular complexity index is 1440. The van der Waals surface area contributed by atoms with Crippen molar-refractivity contribution in [2.24, 2.45) is 0 Å². The minimum absolute atomic E-state index is 0.00804. The Hall–Kier alpha value is -4.73. The van der Waals surface area contributed by atoms with Gasteiger partial charge in [0.2, 0.25) is 0 Å². The van der Waals surface area contributed by atoms with E-state index in [0.717, 1.165) is 22.9 Å². The number of fused-ring (bicyclic) bond motifs is 1. The highest BCUT2D eigenvalue weighted by atomic mass is 19.1. The predicted octanol–water partition coefficient (Wildman–Crippen LogP) is 4.24. The molecule has 2 aromatic carbocycles. The molecule has 5 N–H and O–H groups in total. The van der Waals surface area contributed by atoms with E-state index in [0.29, 0.717) is 34.6 Å². The minimum Gasteiger partial charge on any atom is -0.481 e. The number of carboxylic acid groups (broad SMARTS) is 1. The van der Waals surface area contributed by atoms with E-state index >= 15 is 0 Å². The first kappa shape index (κ1) is 24.4. The van der Waals surface area contributed by atoms with Crippen LogP contribution in [0.2, 0.25) is 0 Å². The van der Waals surface area contributed by atoms with Gasteiger partial charge in [-0.15, -0.1) is 0 Å². The number of urea groups is 1. The molecule has 2 heterocycles. The van der Waals surface area contributed by atoms with Gasteiger partial charge in [-0.05, 0) is 61.7 Å². The van der Waals surface area contributed by atoms with Crippen molar-refractivity contribution in [3.8, 4) is 0 Å². The Kier molecular flexibility index (Phi) is 6.69. The number of aliphatic carboxylic acids is 1. The third-order valence-corrected chi connectivity index (χ3v) is 5.92. The number of carboxylic acids is 1. The van der Waals surface area contributed by atoms with Crippen molar-refractivity contribution in [1.82, 2.24) is 10.3 Å². The molecule has 0 radical (unpaired) electrons. The van der Waals surface area contributed by atoms with Crippen LogP contribution in [0.3, 0.4) is 0 Å². The number of aryl methyl sites for hydroxylation is 1. The van der Waals surface area contributed by atoms with Gasteiger partial charge in [-0.25, -0.2) is 9.18 Å². The van der Waals surface area contributed by atoms with Crippen LogP contribution in [0.25, 0.3) is 11.6 Å². The summed E-state index contributed by atoms with van der Waals surface area (Å²) < 4.78 is 13.8. The standard InChI is InChI=1S/C26H23FN4O5/c1-13-16(9-10-23(32)33)14(2)28-21(13)12-19-17-8-7-15(11-22(17)30-25(19)35)29-26(36)31-24(34)18-5-3-4-6-20(18)27/h3-8,11-12,28H,9-10H2,1-2H3,(H,30,35)(H,32,33)(H2,29,31,34,36)/b19-12-. The number of rotatable bonds is 6. The van der Waals surface area contributed by atoms with Gasteiger partial charge in [-0.1, -0.05) is 18.2 Å². The van der Waals surface area contributed by atoms with Gasteiger partial charge in [0, 0.05) is 29.1 Å². The van der Waals surface area contributed by atoms with E-state index in [1.807, 2.05) is 13.8 Å². The maximum atomic E-state index is 13.8. The molecule has 36 heavy (non-hydrogen) atoms. The van der Waals surface area contributed by atoms with Gasteiger partial charge in [0.25, 0.3) is 11.8 Å². The molecular weight excluding hydrogens is 467 g/mol. The number of benzene rings is 2. The molecule has 1 aliphatic rings. The number of carbonyl (C=O) groups is 4. The summed E-state index contributed by atoms with van der Waals surface area (Å²) in [6.45, 7) is 3.73. The van der Waals surface area contributed by atoms with Crippen molar-refractivity contribution in [2.75, 3.05) is 10.6 Å². The number of nitrogens with one attached hydrogen (secondary N) is 4. The molecule has 0 atom stereocenters. The average molecular weight is 490 g/mol. The molecule has 0 saturated heterocycles. The molecule has 0 spiro atoms. The van der Waals surface area contributed by atoms with Crippen LogP contribution < -0.4 is 16.0 Å². The second-order valence-corrected chi connectivity index (χ2v) is 8.32. The van der Waals surface area contributed by atoms with Crippen LogP contribution in [0.5, 0.6) is 0 Å².